The van der Waals surface area contributed by atoms with Gasteiger partial charge in [0.05, 0.1) is 11.5 Å². The normalized spacial score (nSPS) is 29.9. The fourth-order valence-corrected chi connectivity index (χ4v) is 7.29. The summed E-state index contributed by atoms with van der Waals surface area (Å²) in [6.07, 6.45) is 2.62. The zero-order chi connectivity index (χ0) is 29.1. The molecule has 0 spiro atoms. The summed E-state index contributed by atoms with van der Waals surface area (Å²) in [5, 5.41) is 8.72. The Labute approximate surface area is 240 Å². The lowest BCUT2D eigenvalue weighted by Gasteiger charge is -2.35. The number of nitrogens with one attached hydrogen (secondary N) is 3. The minimum absolute atomic E-state index is 0.0130. The standard InChI is InChI=1S/C31H40N4O6/c1-17(36)41-25(28(39)33-20-9-10-20)22(15-18-11-14-32-26(18)37)34-27(38)24-23-21(30(23,2)3)16-35(24)29(40)31(12-13-31)19-7-5-4-6-8-19/h4-8,18,20-25H,9-16H2,1-3H3,(H,32,37)(H,33,39)(H,34,38)/t18-,21-,22-,23-,24-,25?/m0/s1. The second-order valence-electron chi connectivity index (χ2n) is 13.2. The molecule has 0 aromatic heterocycles. The number of ether oxygens (including phenoxy) is 1. The van der Waals surface area contributed by atoms with Gasteiger partial charge in [0.15, 0.2) is 6.10 Å². The van der Waals surface area contributed by atoms with E-state index in [1.54, 1.807) is 4.90 Å². The van der Waals surface area contributed by atoms with Crippen LogP contribution in [0.1, 0.15) is 64.9 Å². The third-order valence-corrected chi connectivity index (χ3v) is 10.1. The smallest absolute Gasteiger partial charge is 0.303 e. The predicted molar refractivity (Wildman–Crippen MR) is 148 cm³/mol. The molecule has 0 radical (unpaired) electrons. The third-order valence-electron chi connectivity index (χ3n) is 10.1. The van der Waals surface area contributed by atoms with Gasteiger partial charge in [-0.25, -0.2) is 0 Å². The molecule has 10 heteroatoms. The SMILES string of the molecule is CC(=O)OC(C(=O)NC1CC1)[C@H](C[C@@H]1CCNC1=O)NC(=O)[C@@H]1[C@@H]2[C@H](CN1C(=O)C1(c3ccccc3)CC1)C2(C)C. The summed E-state index contributed by atoms with van der Waals surface area (Å²) in [5.41, 5.74) is 0.273. The van der Waals surface area contributed by atoms with Gasteiger partial charge >= 0.3 is 5.97 Å². The van der Waals surface area contributed by atoms with Crippen LogP contribution in [0.5, 0.6) is 0 Å². The average Bonchev–Trinajstić information content (AvgIpc) is 3.89. The van der Waals surface area contributed by atoms with E-state index >= 15 is 0 Å². The molecule has 2 heterocycles. The molecule has 41 heavy (non-hydrogen) atoms. The van der Waals surface area contributed by atoms with Gasteiger partial charge in [-0.2, -0.15) is 0 Å². The molecule has 2 saturated heterocycles. The van der Waals surface area contributed by atoms with Crippen molar-refractivity contribution in [2.24, 2.45) is 23.2 Å². The quantitative estimate of drug-likeness (QED) is 0.368. The summed E-state index contributed by atoms with van der Waals surface area (Å²) in [4.78, 5) is 67.9. The van der Waals surface area contributed by atoms with Crippen molar-refractivity contribution in [3.05, 3.63) is 35.9 Å². The zero-order valence-corrected chi connectivity index (χ0v) is 24.0. The second-order valence-corrected chi connectivity index (χ2v) is 13.2. The van der Waals surface area contributed by atoms with E-state index in [2.05, 4.69) is 29.8 Å². The van der Waals surface area contributed by atoms with Crippen LogP contribution < -0.4 is 16.0 Å². The number of amides is 4. The van der Waals surface area contributed by atoms with Crippen molar-refractivity contribution in [2.45, 2.75) is 88.9 Å². The number of fused-ring (bicyclic) bond motifs is 1. The Morgan fingerprint density at radius 2 is 1.80 bits per heavy atom. The first-order valence-corrected chi connectivity index (χ1v) is 15.0. The summed E-state index contributed by atoms with van der Waals surface area (Å²) in [5.74, 6) is -1.88. The number of piperidine rings is 1. The van der Waals surface area contributed by atoms with Crippen LogP contribution in [-0.4, -0.2) is 71.8 Å². The molecule has 3 aliphatic carbocycles. The molecule has 5 aliphatic rings. The van der Waals surface area contributed by atoms with Gasteiger partial charge < -0.3 is 25.6 Å². The second kappa shape index (κ2) is 10.1. The minimum atomic E-state index is -1.28. The molecule has 1 aromatic rings. The summed E-state index contributed by atoms with van der Waals surface area (Å²) >= 11 is 0. The lowest BCUT2D eigenvalue weighted by Crippen LogP contribution is -2.59. The minimum Gasteiger partial charge on any atom is -0.450 e. The van der Waals surface area contributed by atoms with Crippen LogP contribution >= 0.6 is 0 Å². The van der Waals surface area contributed by atoms with Crippen molar-refractivity contribution < 1.29 is 28.7 Å². The van der Waals surface area contributed by atoms with E-state index < -0.39 is 41.4 Å². The lowest BCUT2D eigenvalue weighted by atomic mass is 9.91. The lowest BCUT2D eigenvalue weighted by molar-refractivity contribution is -0.157. The molecule has 4 amide bonds. The van der Waals surface area contributed by atoms with Gasteiger partial charge in [-0.15, -0.1) is 0 Å². The monoisotopic (exact) mass is 564 g/mol. The highest BCUT2D eigenvalue weighted by Gasteiger charge is 2.71. The first-order valence-electron chi connectivity index (χ1n) is 15.0. The number of carbonyl (C=O) groups is 5. The number of nitrogens with zero attached hydrogens (tertiary/aromatic N) is 1. The molecule has 3 N–H and O–H groups in total. The summed E-state index contributed by atoms with van der Waals surface area (Å²) in [7, 11) is 0. The highest BCUT2D eigenvalue weighted by Crippen LogP contribution is 2.66. The fraction of sp³-hybridized carbons (Fsp3) is 0.645. The largest absolute Gasteiger partial charge is 0.450 e. The molecule has 3 saturated carbocycles. The number of hydrogen-bond acceptors (Lipinski definition) is 6. The molecule has 6 atom stereocenters. The van der Waals surface area contributed by atoms with E-state index in [9.17, 15) is 24.0 Å². The van der Waals surface area contributed by atoms with Gasteiger partial charge in [0, 0.05) is 32.0 Å². The first-order chi connectivity index (χ1) is 19.5. The van der Waals surface area contributed by atoms with Crippen molar-refractivity contribution in [3.8, 4) is 0 Å². The van der Waals surface area contributed by atoms with Crippen LogP contribution in [0.15, 0.2) is 30.3 Å². The van der Waals surface area contributed by atoms with E-state index in [0.717, 1.165) is 31.2 Å². The fourth-order valence-electron chi connectivity index (χ4n) is 7.29. The Morgan fingerprint density at radius 1 is 1.10 bits per heavy atom. The Hall–Kier alpha value is -3.43. The topological polar surface area (TPSA) is 134 Å². The number of likely N-dealkylation sites (tertiary alicyclic amines) is 1. The third kappa shape index (κ3) is 5.10. The molecule has 6 rings (SSSR count). The summed E-state index contributed by atoms with van der Waals surface area (Å²) in [6, 6.07) is 8.16. The van der Waals surface area contributed by atoms with Crippen LogP contribution in [0.25, 0.3) is 0 Å². The Balaban J connectivity index is 1.27. The molecule has 220 valence electrons. The van der Waals surface area contributed by atoms with Crippen LogP contribution in [-0.2, 0) is 34.1 Å². The number of esters is 1. The van der Waals surface area contributed by atoms with E-state index in [0.29, 0.717) is 19.5 Å². The van der Waals surface area contributed by atoms with Gasteiger partial charge in [0.25, 0.3) is 5.91 Å². The van der Waals surface area contributed by atoms with Crippen molar-refractivity contribution in [1.82, 2.24) is 20.9 Å². The number of carbonyl (C=O) groups excluding carboxylic acids is 5. The van der Waals surface area contributed by atoms with Crippen molar-refractivity contribution in [1.29, 1.82) is 0 Å². The van der Waals surface area contributed by atoms with Crippen molar-refractivity contribution in [3.63, 3.8) is 0 Å². The molecule has 10 nitrogen and oxygen atoms in total. The molecule has 5 fully saturated rings. The van der Waals surface area contributed by atoms with Gasteiger partial charge in [-0.05, 0) is 61.3 Å². The summed E-state index contributed by atoms with van der Waals surface area (Å²) < 4.78 is 5.51. The van der Waals surface area contributed by atoms with Crippen molar-refractivity contribution >= 4 is 29.6 Å². The Kier molecular flexibility index (Phi) is 6.85. The van der Waals surface area contributed by atoms with E-state index in [1.165, 1.54) is 6.92 Å². The predicted octanol–water partition coefficient (Wildman–Crippen LogP) is 1.42. The highest BCUT2D eigenvalue weighted by molar-refractivity contribution is 5.97. The number of hydrogen-bond donors (Lipinski definition) is 3. The zero-order valence-electron chi connectivity index (χ0n) is 24.0. The molecule has 1 unspecified atom stereocenters. The van der Waals surface area contributed by atoms with E-state index in [-0.39, 0.29) is 47.4 Å². The molecule has 1 aromatic carbocycles. The highest BCUT2D eigenvalue weighted by atomic mass is 16.5. The molecule has 2 aliphatic heterocycles. The number of benzene rings is 1. The maximum atomic E-state index is 14.2. The van der Waals surface area contributed by atoms with Crippen LogP contribution in [0, 0.1) is 23.2 Å². The average molecular weight is 565 g/mol. The maximum absolute atomic E-state index is 14.2. The van der Waals surface area contributed by atoms with E-state index in [1.807, 2.05) is 30.3 Å². The van der Waals surface area contributed by atoms with Crippen LogP contribution in [0.4, 0.5) is 0 Å². The molecular formula is C31H40N4O6. The van der Waals surface area contributed by atoms with Gasteiger partial charge in [0.1, 0.15) is 6.04 Å². The van der Waals surface area contributed by atoms with Crippen LogP contribution in [0.3, 0.4) is 0 Å². The molecular weight excluding hydrogens is 524 g/mol. The summed E-state index contributed by atoms with van der Waals surface area (Å²) in [6.45, 7) is 6.50. The first kappa shape index (κ1) is 27.7. The van der Waals surface area contributed by atoms with Gasteiger partial charge in [0.2, 0.25) is 17.7 Å². The van der Waals surface area contributed by atoms with Crippen molar-refractivity contribution in [2.75, 3.05) is 13.1 Å². The Bertz CT molecular complexity index is 1260. The molecule has 0 bridgehead atoms. The van der Waals surface area contributed by atoms with Crippen LogP contribution in [0.2, 0.25) is 0 Å². The van der Waals surface area contributed by atoms with Gasteiger partial charge in [-0.1, -0.05) is 44.2 Å². The van der Waals surface area contributed by atoms with Gasteiger partial charge in [-0.3, -0.25) is 24.0 Å². The van der Waals surface area contributed by atoms with E-state index in [4.69, 9.17) is 4.74 Å². The number of rotatable bonds is 10. The maximum Gasteiger partial charge on any atom is 0.303 e. The Morgan fingerprint density at radius 3 is 2.39 bits per heavy atom.